The van der Waals surface area contributed by atoms with Crippen LogP contribution in [0.25, 0.3) is 17.0 Å². The number of hydrogen-bond donors (Lipinski definition) is 2. The van der Waals surface area contributed by atoms with Gasteiger partial charge in [-0.25, -0.2) is 9.97 Å². The fourth-order valence-corrected chi connectivity index (χ4v) is 3.73. The summed E-state index contributed by atoms with van der Waals surface area (Å²) in [5, 5.41) is 6.40. The van der Waals surface area contributed by atoms with Crippen molar-refractivity contribution in [2.75, 3.05) is 18.4 Å². The number of fused-ring (bicyclic) bond motifs is 1. The van der Waals surface area contributed by atoms with Gasteiger partial charge in [0.15, 0.2) is 0 Å². The lowest BCUT2D eigenvalue weighted by Crippen LogP contribution is -2.32. The molecule has 2 aromatic carbocycles. The molecule has 2 N–H and O–H groups in total. The summed E-state index contributed by atoms with van der Waals surface area (Å²) in [6, 6.07) is 14.9. The van der Waals surface area contributed by atoms with Crippen molar-refractivity contribution in [2.45, 2.75) is 13.0 Å². The number of nitrogens with zero attached hydrogens (tertiary/aromatic N) is 3. The SMILES string of the molecule is C[C@H]1CN(C(=O)c2ccc(C=CC(=O)NC=O)cc2)C[C@@H]1Nc1ncc2ccccc2n1. The van der Waals surface area contributed by atoms with Gasteiger partial charge >= 0.3 is 0 Å². The molecule has 2 atom stereocenters. The Labute approximate surface area is 185 Å². The van der Waals surface area contributed by atoms with E-state index in [1.54, 1.807) is 36.5 Å². The Morgan fingerprint density at radius 2 is 1.88 bits per heavy atom. The molecule has 4 rings (SSSR count). The normalized spacial score (nSPS) is 18.1. The maximum Gasteiger partial charge on any atom is 0.253 e. The average molecular weight is 429 g/mol. The van der Waals surface area contributed by atoms with E-state index in [1.807, 2.05) is 34.5 Å². The third-order valence-corrected chi connectivity index (χ3v) is 5.49. The number of rotatable bonds is 6. The first-order chi connectivity index (χ1) is 15.5. The lowest BCUT2D eigenvalue weighted by molar-refractivity contribution is -0.121. The Hall–Kier alpha value is -4.07. The zero-order valence-corrected chi connectivity index (χ0v) is 17.6. The molecule has 0 spiro atoms. The van der Waals surface area contributed by atoms with Gasteiger partial charge in [-0.15, -0.1) is 0 Å². The molecule has 0 aliphatic carbocycles. The summed E-state index contributed by atoms with van der Waals surface area (Å²) >= 11 is 0. The van der Waals surface area contributed by atoms with E-state index in [4.69, 9.17) is 0 Å². The molecule has 32 heavy (non-hydrogen) atoms. The number of amides is 3. The molecule has 0 bridgehead atoms. The minimum Gasteiger partial charge on any atom is -0.349 e. The number of imide groups is 1. The molecule has 0 unspecified atom stereocenters. The summed E-state index contributed by atoms with van der Waals surface area (Å²) in [6.07, 6.45) is 4.97. The number of aromatic nitrogens is 2. The molecule has 162 valence electrons. The lowest BCUT2D eigenvalue weighted by atomic mass is 10.1. The summed E-state index contributed by atoms with van der Waals surface area (Å²) in [5.41, 5.74) is 2.21. The first kappa shape index (κ1) is 21.2. The Morgan fingerprint density at radius 1 is 1.09 bits per heavy atom. The third kappa shape index (κ3) is 4.80. The first-order valence-corrected chi connectivity index (χ1v) is 10.3. The van der Waals surface area contributed by atoms with Crippen LogP contribution in [0.2, 0.25) is 0 Å². The molecule has 1 aliphatic rings. The third-order valence-electron chi connectivity index (χ3n) is 5.49. The quantitative estimate of drug-likeness (QED) is 0.461. The fraction of sp³-hybridized carbons (Fsp3) is 0.208. The van der Waals surface area contributed by atoms with Gasteiger partial charge in [-0.3, -0.25) is 19.7 Å². The molecule has 1 aliphatic heterocycles. The van der Waals surface area contributed by atoms with Gasteiger partial charge in [0, 0.05) is 36.3 Å². The van der Waals surface area contributed by atoms with E-state index in [-0.39, 0.29) is 17.9 Å². The summed E-state index contributed by atoms with van der Waals surface area (Å²) in [6.45, 7) is 3.30. The van der Waals surface area contributed by atoms with Gasteiger partial charge in [0.2, 0.25) is 18.3 Å². The lowest BCUT2D eigenvalue weighted by Gasteiger charge is -2.17. The standard InChI is InChI=1S/C24H23N5O3/c1-16-13-29(14-21(16)28-24-25-12-19-4-2-3-5-20(19)27-24)23(32)18-9-6-17(7-10-18)8-11-22(31)26-15-30/h2-12,15-16,21H,13-14H2,1H3,(H,25,27,28)(H,26,30,31)/t16-,21-/m0/s1. The average Bonchev–Trinajstić information content (AvgIpc) is 3.17. The van der Waals surface area contributed by atoms with Gasteiger partial charge in [0.05, 0.1) is 11.6 Å². The van der Waals surface area contributed by atoms with E-state index in [9.17, 15) is 14.4 Å². The molecule has 0 radical (unpaired) electrons. The van der Waals surface area contributed by atoms with Gasteiger partial charge in [-0.2, -0.15) is 0 Å². The minimum absolute atomic E-state index is 0.0465. The highest BCUT2D eigenvalue weighted by molar-refractivity contribution is 5.98. The van der Waals surface area contributed by atoms with Crippen LogP contribution in [0.5, 0.6) is 0 Å². The van der Waals surface area contributed by atoms with E-state index in [0.29, 0.717) is 31.0 Å². The Balaban J connectivity index is 1.39. The highest BCUT2D eigenvalue weighted by Gasteiger charge is 2.33. The minimum atomic E-state index is -0.500. The van der Waals surface area contributed by atoms with Crippen molar-refractivity contribution in [3.8, 4) is 0 Å². The van der Waals surface area contributed by atoms with Crippen molar-refractivity contribution < 1.29 is 14.4 Å². The number of nitrogens with one attached hydrogen (secondary N) is 2. The second-order valence-electron chi connectivity index (χ2n) is 7.77. The summed E-state index contributed by atoms with van der Waals surface area (Å²) in [4.78, 5) is 45.3. The predicted molar refractivity (Wildman–Crippen MR) is 122 cm³/mol. The van der Waals surface area contributed by atoms with Crippen molar-refractivity contribution in [3.63, 3.8) is 0 Å². The predicted octanol–water partition coefficient (Wildman–Crippen LogP) is 2.49. The van der Waals surface area contributed by atoms with E-state index in [0.717, 1.165) is 16.5 Å². The molecule has 1 aromatic heterocycles. The van der Waals surface area contributed by atoms with E-state index in [2.05, 4.69) is 22.2 Å². The molecule has 3 amide bonds. The molecule has 1 saturated heterocycles. The van der Waals surface area contributed by atoms with Crippen LogP contribution in [-0.2, 0) is 9.59 Å². The summed E-state index contributed by atoms with van der Waals surface area (Å²) in [5.74, 6) is 0.257. The second kappa shape index (κ2) is 9.38. The largest absolute Gasteiger partial charge is 0.349 e. The van der Waals surface area contributed by atoms with Crippen LogP contribution in [0, 0.1) is 5.92 Å². The number of para-hydroxylation sites is 1. The zero-order valence-electron chi connectivity index (χ0n) is 17.6. The van der Waals surface area contributed by atoms with E-state index in [1.165, 1.54) is 6.08 Å². The first-order valence-electron chi connectivity index (χ1n) is 10.3. The maximum absolute atomic E-state index is 13.0. The van der Waals surface area contributed by atoms with Crippen LogP contribution in [-0.4, -0.2) is 52.2 Å². The van der Waals surface area contributed by atoms with Crippen LogP contribution < -0.4 is 10.6 Å². The number of likely N-dealkylation sites (tertiary alicyclic amines) is 1. The van der Waals surface area contributed by atoms with E-state index >= 15 is 0 Å². The molecule has 1 fully saturated rings. The molecule has 8 nitrogen and oxygen atoms in total. The summed E-state index contributed by atoms with van der Waals surface area (Å²) < 4.78 is 0. The van der Waals surface area contributed by atoms with Crippen LogP contribution >= 0.6 is 0 Å². The Morgan fingerprint density at radius 3 is 2.66 bits per heavy atom. The van der Waals surface area contributed by atoms with Crippen LogP contribution in [0.1, 0.15) is 22.8 Å². The monoisotopic (exact) mass is 429 g/mol. The molecule has 2 heterocycles. The number of benzene rings is 2. The van der Waals surface area contributed by atoms with Crippen molar-refractivity contribution in [1.29, 1.82) is 0 Å². The molecular weight excluding hydrogens is 406 g/mol. The van der Waals surface area contributed by atoms with Crippen molar-refractivity contribution >= 4 is 41.2 Å². The molecule has 3 aromatic rings. The summed E-state index contributed by atoms with van der Waals surface area (Å²) in [7, 11) is 0. The highest BCUT2D eigenvalue weighted by atomic mass is 16.2. The Kier molecular flexibility index (Phi) is 6.21. The van der Waals surface area contributed by atoms with Crippen molar-refractivity contribution in [2.24, 2.45) is 5.92 Å². The van der Waals surface area contributed by atoms with Gasteiger partial charge in [0.1, 0.15) is 0 Å². The van der Waals surface area contributed by atoms with Crippen LogP contribution in [0.3, 0.4) is 0 Å². The fourth-order valence-electron chi connectivity index (χ4n) is 3.73. The van der Waals surface area contributed by atoms with Crippen LogP contribution in [0.15, 0.2) is 60.8 Å². The second-order valence-corrected chi connectivity index (χ2v) is 7.77. The van der Waals surface area contributed by atoms with Crippen molar-refractivity contribution in [3.05, 3.63) is 71.9 Å². The smallest absolute Gasteiger partial charge is 0.253 e. The number of carbonyl (C=O) groups is 3. The van der Waals surface area contributed by atoms with Crippen LogP contribution in [0.4, 0.5) is 5.95 Å². The Bertz CT molecular complexity index is 1180. The number of anilines is 1. The topological polar surface area (TPSA) is 104 Å². The highest BCUT2D eigenvalue weighted by Crippen LogP contribution is 2.22. The molecule has 0 saturated carbocycles. The molecule has 8 heteroatoms. The van der Waals surface area contributed by atoms with Gasteiger partial charge in [-0.1, -0.05) is 37.3 Å². The maximum atomic E-state index is 13.0. The number of carbonyl (C=O) groups excluding carboxylic acids is 3. The van der Waals surface area contributed by atoms with E-state index < -0.39 is 5.91 Å². The van der Waals surface area contributed by atoms with Crippen molar-refractivity contribution in [1.82, 2.24) is 20.2 Å². The zero-order chi connectivity index (χ0) is 22.5. The van der Waals surface area contributed by atoms with Gasteiger partial charge in [-0.05, 0) is 35.8 Å². The van der Waals surface area contributed by atoms with Gasteiger partial charge in [0.25, 0.3) is 5.91 Å². The molecular formula is C24H23N5O3. The van der Waals surface area contributed by atoms with Gasteiger partial charge < -0.3 is 10.2 Å². The number of hydrogen-bond acceptors (Lipinski definition) is 6.